The molecule has 0 aliphatic carbocycles. The number of piperidine rings is 2. The van der Waals surface area contributed by atoms with Crippen LogP contribution in [0.1, 0.15) is 88.5 Å². The number of ether oxygens (including phenoxy) is 3. The summed E-state index contributed by atoms with van der Waals surface area (Å²) in [4.78, 5) is 96.0. The number of fused-ring (bicyclic) bond motifs is 2. The summed E-state index contributed by atoms with van der Waals surface area (Å²) in [7, 11) is 0. The maximum absolute atomic E-state index is 13.3. The van der Waals surface area contributed by atoms with Gasteiger partial charge in [0.2, 0.25) is 23.6 Å². The number of likely N-dealkylation sites (tertiary alicyclic amines) is 1. The molecule has 20 nitrogen and oxygen atoms in total. The van der Waals surface area contributed by atoms with E-state index in [2.05, 4.69) is 25.8 Å². The van der Waals surface area contributed by atoms with Gasteiger partial charge in [-0.25, -0.2) is 4.68 Å². The maximum Gasteiger partial charge on any atom is 0.262 e. The number of hydrogen-bond acceptors (Lipinski definition) is 14. The number of nitrogens with one attached hydrogen (secondary N) is 3. The Kier molecular flexibility index (Phi) is 15.9. The van der Waals surface area contributed by atoms with Gasteiger partial charge in [0.1, 0.15) is 41.2 Å². The number of hydrogen-bond donors (Lipinski definition) is 4. The zero-order valence-electron chi connectivity index (χ0n) is 40.4. The molecule has 2 atom stereocenters. The third-order valence-electron chi connectivity index (χ3n) is 14.2. The molecule has 5 aliphatic heterocycles. The molecule has 0 radical (unpaired) electrons. The van der Waals surface area contributed by atoms with E-state index in [1.165, 1.54) is 0 Å². The van der Waals surface area contributed by atoms with Crippen LogP contribution in [0.25, 0.3) is 11.3 Å². The van der Waals surface area contributed by atoms with E-state index in [0.29, 0.717) is 68.6 Å². The van der Waals surface area contributed by atoms with Crippen LogP contribution in [-0.2, 0) is 28.7 Å². The van der Waals surface area contributed by atoms with E-state index in [-0.39, 0.29) is 61.0 Å². The van der Waals surface area contributed by atoms with Gasteiger partial charge in [0.05, 0.1) is 37.0 Å². The molecule has 72 heavy (non-hydrogen) atoms. The van der Waals surface area contributed by atoms with Crippen LogP contribution in [0.5, 0.6) is 11.5 Å². The highest BCUT2D eigenvalue weighted by Crippen LogP contribution is 2.40. The fraction of sp³-hybridized carbons (Fsp3) is 0.462. The van der Waals surface area contributed by atoms with Crippen molar-refractivity contribution in [3.63, 3.8) is 0 Å². The van der Waals surface area contributed by atoms with E-state index < -0.39 is 35.6 Å². The third-order valence-corrected chi connectivity index (χ3v) is 14.2. The van der Waals surface area contributed by atoms with Gasteiger partial charge in [-0.3, -0.25) is 48.7 Å². The minimum atomic E-state index is -0.994. The van der Waals surface area contributed by atoms with Crippen molar-refractivity contribution in [3.05, 3.63) is 89.5 Å². The van der Waals surface area contributed by atoms with Gasteiger partial charge in [0.25, 0.3) is 17.7 Å². The van der Waals surface area contributed by atoms with Crippen molar-refractivity contribution >= 4 is 52.9 Å². The third kappa shape index (κ3) is 11.5. The summed E-state index contributed by atoms with van der Waals surface area (Å²) in [6.45, 7) is 7.08. The molecule has 0 saturated carbocycles. The maximum atomic E-state index is 13.3. The number of amides is 7. The molecule has 3 fully saturated rings. The number of nitrogens with two attached hydrogens (primary N) is 1. The summed E-state index contributed by atoms with van der Waals surface area (Å²) in [5.74, 6) is -0.430. The molecule has 0 bridgehead atoms. The van der Waals surface area contributed by atoms with E-state index in [4.69, 9.17) is 25.0 Å². The molecule has 1 unspecified atom stereocenters. The normalized spacial score (nSPS) is 19.4. The summed E-state index contributed by atoms with van der Waals surface area (Å²) in [5, 5.41) is 13.5. The number of nitrogens with zero attached hydrogens (tertiary/aromatic N) is 6. The van der Waals surface area contributed by atoms with Crippen LogP contribution in [0, 0.1) is 5.92 Å². The molecule has 7 amide bonds. The number of piperazine rings is 1. The average Bonchev–Trinajstić information content (AvgIpc) is 3.91. The number of unbranched alkanes of at least 4 members (excludes halogenated alkanes) is 1. The minimum Gasteiger partial charge on any atom is -0.457 e. The summed E-state index contributed by atoms with van der Waals surface area (Å²) in [5.41, 5.74) is 8.97. The lowest BCUT2D eigenvalue weighted by Crippen LogP contribution is -2.54. The largest absolute Gasteiger partial charge is 0.457 e. The number of carbonyl (C=O) groups is 7. The first-order valence-electron chi connectivity index (χ1n) is 25.0. The Hall–Kier alpha value is -7.16. The molecule has 3 aromatic carbocycles. The highest BCUT2D eigenvalue weighted by Gasteiger charge is 2.45. The number of anilines is 2. The fourth-order valence-corrected chi connectivity index (χ4v) is 10.3. The number of para-hydroxylation sites is 1. The number of rotatable bonds is 20. The fourth-order valence-electron chi connectivity index (χ4n) is 10.3. The smallest absolute Gasteiger partial charge is 0.262 e. The van der Waals surface area contributed by atoms with Crippen molar-refractivity contribution in [1.82, 2.24) is 35.1 Å². The SMILES string of the molecule is NC(=O)c1c(-c2ccc(Oc3ccccc3)cc2)nn2c1NCC[C@H]2C1CCN(C(=O)COCCOCCNC(=O)CCCCN2CCN(c3ccc4c(c3)C(=O)N(C3CCC(=O)NC3=O)C4=O)CC2)CC1. The monoisotopic (exact) mass is 986 g/mol. The van der Waals surface area contributed by atoms with E-state index in [9.17, 15) is 33.6 Å². The van der Waals surface area contributed by atoms with Crippen molar-refractivity contribution in [2.24, 2.45) is 11.7 Å². The molecule has 1 aromatic heterocycles. The molecule has 4 aromatic rings. The quantitative estimate of drug-likeness (QED) is 0.0732. The van der Waals surface area contributed by atoms with Crippen molar-refractivity contribution in [2.75, 3.05) is 95.5 Å². The molecular weight excluding hydrogens is 925 g/mol. The Morgan fingerprint density at radius 3 is 2.26 bits per heavy atom. The van der Waals surface area contributed by atoms with Crippen molar-refractivity contribution in [2.45, 2.75) is 63.5 Å². The lowest BCUT2D eigenvalue weighted by Gasteiger charge is -2.38. The van der Waals surface area contributed by atoms with E-state index in [0.717, 1.165) is 86.7 Å². The standard InChI is InChI=1S/C52H62N10O10/c53-48(66)46-47(35-9-12-38(13-10-35)72-37-6-2-1-3-7-37)57-62-41(17-20-55-49(46)62)34-18-23-60(24-19-34)45(65)33-71-31-30-70-29-21-54-43(63)8-4-5-22-58-25-27-59(28-26-58)36-11-14-39-40(32-36)52(69)61(51(39)68)42-15-16-44(64)56-50(42)67/h1-3,6-7,9-14,32,34,41-42,55H,4-5,8,15-31,33H2,(H2,53,66)(H,54,63)(H,56,64,67)/t41-,42?/m0/s1. The molecule has 6 heterocycles. The van der Waals surface area contributed by atoms with E-state index in [1.807, 2.05) is 70.2 Å². The summed E-state index contributed by atoms with van der Waals surface area (Å²) < 4.78 is 19.2. The van der Waals surface area contributed by atoms with Crippen LogP contribution in [0.3, 0.4) is 0 Å². The van der Waals surface area contributed by atoms with Crippen molar-refractivity contribution < 1.29 is 47.8 Å². The number of benzene rings is 3. The highest BCUT2D eigenvalue weighted by molar-refractivity contribution is 6.23. The van der Waals surface area contributed by atoms with Crippen LogP contribution in [0.15, 0.2) is 72.8 Å². The van der Waals surface area contributed by atoms with Crippen molar-refractivity contribution in [3.8, 4) is 22.8 Å². The van der Waals surface area contributed by atoms with Gasteiger partial charge < -0.3 is 40.4 Å². The van der Waals surface area contributed by atoms with Gasteiger partial charge in [-0.2, -0.15) is 5.10 Å². The van der Waals surface area contributed by atoms with Gasteiger partial charge in [-0.05, 0) is 106 Å². The number of carbonyl (C=O) groups excluding carboxylic acids is 7. The molecule has 3 saturated heterocycles. The number of aromatic nitrogens is 2. The Morgan fingerprint density at radius 2 is 1.51 bits per heavy atom. The molecule has 0 spiro atoms. The predicted molar refractivity (Wildman–Crippen MR) is 264 cm³/mol. The van der Waals surface area contributed by atoms with Gasteiger partial charge in [0, 0.05) is 76.5 Å². The molecule has 5 N–H and O–H groups in total. The average molecular weight is 987 g/mol. The first-order chi connectivity index (χ1) is 35.0. The number of imide groups is 2. The van der Waals surface area contributed by atoms with Crippen LogP contribution in [0.4, 0.5) is 11.5 Å². The Morgan fingerprint density at radius 1 is 0.778 bits per heavy atom. The Labute approximate surface area is 417 Å². The molecular formula is C52H62N10O10. The number of primary amides is 1. The Bertz CT molecular complexity index is 2640. The predicted octanol–water partition coefficient (Wildman–Crippen LogP) is 3.58. The lowest BCUT2D eigenvalue weighted by atomic mass is 9.87. The van der Waals surface area contributed by atoms with Gasteiger partial charge in [-0.1, -0.05) is 18.2 Å². The topological polar surface area (TPSA) is 240 Å². The van der Waals surface area contributed by atoms with Crippen LogP contribution in [-0.4, -0.2) is 157 Å². The van der Waals surface area contributed by atoms with Gasteiger partial charge in [-0.15, -0.1) is 0 Å². The Balaban J connectivity index is 0.612. The first-order valence-corrected chi connectivity index (χ1v) is 25.0. The van der Waals surface area contributed by atoms with Crippen LogP contribution < -0.4 is 31.3 Å². The van der Waals surface area contributed by atoms with Gasteiger partial charge >= 0.3 is 0 Å². The zero-order chi connectivity index (χ0) is 50.1. The molecule has 9 rings (SSSR count). The molecule has 380 valence electrons. The van der Waals surface area contributed by atoms with Crippen molar-refractivity contribution in [1.29, 1.82) is 0 Å². The highest BCUT2D eigenvalue weighted by atomic mass is 16.5. The first kappa shape index (κ1) is 49.8. The summed E-state index contributed by atoms with van der Waals surface area (Å²) in [6, 6.07) is 21.2. The van der Waals surface area contributed by atoms with Crippen LogP contribution in [0.2, 0.25) is 0 Å². The zero-order valence-corrected chi connectivity index (χ0v) is 40.4. The lowest BCUT2D eigenvalue weighted by molar-refractivity contribution is -0.138. The second-order valence-corrected chi connectivity index (χ2v) is 18.8. The second kappa shape index (κ2) is 22.9. The molecule has 20 heteroatoms. The van der Waals surface area contributed by atoms with Crippen LogP contribution >= 0.6 is 0 Å². The summed E-state index contributed by atoms with van der Waals surface area (Å²) in [6.07, 6.45) is 4.65. The molecule has 5 aliphatic rings. The van der Waals surface area contributed by atoms with E-state index >= 15 is 0 Å². The summed E-state index contributed by atoms with van der Waals surface area (Å²) >= 11 is 0. The minimum absolute atomic E-state index is 0.0308. The van der Waals surface area contributed by atoms with E-state index in [1.54, 1.807) is 12.1 Å². The second-order valence-electron chi connectivity index (χ2n) is 18.8. The van der Waals surface area contributed by atoms with Gasteiger partial charge in [0.15, 0.2) is 0 Å².